The standard InChI is InChI=1S/C6H12O4.C6H14/c1-2-6(9)10-4-5(8)3-7;1-3-5-6-4-2/h5,7-8H,2-4H2,1H3;3-6H2,1-2H3/t5-;/m1./s1. The maximum absolute atomic E-state index is 10.4. The van der Waals surface area contributed by atoms with Gasteiger partial charge in [0.05, 0.1) is 6.61 Å². The summed E-state index contributed by atoms with van der Waals surface area (Å²) in [7, 11) is 0. The first-order valence-corrected chi connectivity index (χ1v) is 6.06. The molecule has 0 radical (unpaired) electrons. The van der Waals surface area contributed by atoms with Gasteiger partial charge in [-0.2, -0.15) is 0 Å². The molecule has 0 heterocycles. The summed E-state index contributed by atoms with van der Waals surface area (Å²) >= 11 is 0. The van der Waals surface area contributed by atoms with Crippen LogP contribution in [0.1, 0.15) is 52.9 Å². The summed E-state index contributed by atoms with van der Waals surface area (Å²) in [5.41, 5.74) is 0. The molecule has 2 N–H and O–H groups in total. The van der Waals surface area contributed by atoms with Crippen LogP contribution in [-0.4, -0.2) is 35.5 Å². The molecule has 4 nitrogen and oxygen atoms in total. The van der Waals surface area contributed by atoms with Gasteiger partial charge in [-0.15, -0.1) is 0 Å². The Morgan fingerprint density at radius 3 is 2.00 bits per heavy atom. The van der Waals surface area contributed by atoms with Crippen molar-refractivity contribution in [2.75, 3.05) is 13.2 Å². The average molecular weight is 234 g/mol. The zero-order valence-corrected chi connectivity index (χ0v) is 10.7. The molecular formula is C12H26O4. The monoisotopic (exact) mass is 234 g/mol. The van der Waals surface area contributed by atoms with Crippen LogP contribution >= 0.6 is 0 Å². The highest BCUT2D eigenvalue weighted by Gasteiger charge is 2.04. The minimum atomic E-state index is -0.949. The van der Waals surface area contributed by atoms with Crippen molar-refractivity contribution in [3.05, 3.63) is 0 Å². The lowest BCUT2D eigenvalue weighted by atomic mass is 10.2. The lowest BCUT2D eigenvalue weighted by Crippen LogP contribution is -2.21. The largest absolute Gasteiger partial charge is 0.463 e. The molecule has 4 heteroatoms. The van der Waals surface area contributed by atoms with E-state index >= 15 is 0 Å². The summed E-state index contributed by atoms with van der Waals surface area (Å²) < 4.78 is 4.49. The Morgan fingerprint density at radius 2 is 1.69 bits per heavy atom. The minimum absolute atomic E-state index is 0.122. The second-order valence-corrected chi connectivity index (χ2v) is 3.58. The third-order valence-electron chi connectivity index (χ3n) is 1.89. The lowest BCUT2D eigenvalue weighted by Gasteiger charge is -2.06. The van der Waals surface area contributed by atoms with Crippen molar-refractivity contribution in [2.45, 2.75) is 59.0 Å². The number of hydrogen-bond donors (Lipinski definition) is 2. The summed E-state index contributed by atoms with van der Waals surface area (Å²) in [4.78, 5) is 10.4. The fourth-order valence-electron chi connectivity index (χ4n) is 0.844. The quantitative estimate of drug-likeness (QED) is 0.521. The van der Waals surface area contributed by atoms with Gasteiger partial charge in [0.25, 0.3) is 0 Å². The topological polar surface area (TPSA) is 66.8 Å². The highest BCUT2D eigenvalue weighted by atomic mass is 16.5. The van der Waals surface area contributed by atoms with Gasteiger partial charge in [-0.25, -0.2) is 0 Å². The number of aliphatic hydroxyl groups excluding tert-OH is 2. The van der Waals surface area contributed by atoms with Gasteiger partial charge in [0.2, 0.25) is 0 Å². The molecule has 16 heavy (non-hydrogen) atoms. The number of rotatable bonds is 7. The first kappa shape index (κ1) is 17.8. The molecule has 0 aliphatic carbocycles. The van der Waals surface area contributed by atoms with Crippen LogP contribution in [0.3, 0.4) is 0 Å². The van der Waals surface area contributed by atoms with Crippen LogP contribution in [0, 0.1) is 0 Å². The molecular weight excluding hydrogens is 208 g/mol. The van der Waals surface area contributed by atoms with E-state index in [9.17, 15) is 4.79 Å². The summed E-state index contributed by atoms with van der Waals surface area (Å²) in [5.74, 6) is -0.368. The molecule has 0 saturated carbocycles. The van der Waals surface area contributed by atoms with Crippen LogP contribution in [0.5, 0.6) is 0 Å². The fraction of sp³-hybridized carbons (Fsp3) is 0.917. The van der Waals surface area contributed by atoms with E-state index in [4.69, 9.17) is 10.2 Å². The van der Waals surface area contributed by atoms with Crippen LogP contribution in [0.25, 0.3) is 0 Å². The molecule has 0 saturated heterocycles. The van der Waals surface area contributed by atoms with Crippen LogP contribution in [0.15, 0.2) is 0 Å². The van der Waals surface area contributed by atoms with Crippen LogP contribution in [0.2, 0.25) is 0 Å². The summed E-state index contributed by atoms with van der Waals surface area (Å²) in [5, 5.41) is 17.0. The van der Waals surface area contributed by atoms with E-state index in [0.717, 1.165) is 0 Å². The van der Waals surface area contributed by atoms with E-state index in [1.165, 1.54) is 25.7 Å². The first-order valence-electron chi connectivity index (χ1n) is 6.06. The van der Waals surface area contributed by atoms with Crippen molar-refractivity contribution in [3.63, 3.8) is 0 Å². The van der Waals surface area contributed by atoms with Crippen molar-refractivity contribution in [1.29, 1.82) is 0 Å². The van der Waals surface area contributed by atoms with Gasteiger partial charge in [0, 0.05) is 6.42 Å². The van der Waals surface area contributed by atoms with Crippen molar-refractivity contribution >= 4 is 5.97 Å². The highest BCUT2D eigenvalue weighted by Crippen LogP contribution is 1.95. The maximum atomic E-state index is 10.4. The first-order chi connectivity index (χ1) is 7.62. The van der Waals surface area contributed by atoms with Crippen LogP contribution in [-0.2, 0) is 9.53 Å². The molecule has 1 atom stereocenters. The zero-order chi connectivity index (χ0) is 12.8. The number of ether oxygens (including phenoxy) is 1. The van der Waals surface area contributed by atoms with E-state index < -0.39 is 6.10 Å². The molecule has 0 aromatic carbocycles. The van der Waals surface area contributed by atoms with Gasteiger partial charge in [0.1, 0.15) is 12.7 Å². The Labute approximate surface area is 98.6 Å². The SMILES string of the molecule is CCC(=O)OC[C@H](O)CO.CCCCCC. The Balaban J connectivity index is 0. The van der Waals surface area contributed by atoms with Crippen LogP contribution in [0.4, 0.5) is 0 Å². The van der Waals surface area contributed by atoms with E-state index in [-0.39, 0.29) is 25.6 Å². The van der Waals surface area contributed by atoms with Crippen LogP contribution < -0.4 is 0 Å². The summed E-state index contributed by atoms with van der Waals surface area (Å²) in [6.45, 7) is 5.62. The Morgan fingerprint density at radius 1 is 1.19 bits per heavy atom. The van der Waals surface area contributed by atoms with Gasteiger partial charge in [-0.1, -0.05) is 46.5 Å². The van der Waals surface area contributed by atoms with Gasteiger partial charge in [-0.05, 0) is 0 Å². The minimum Gasteiger partial charge on any atom is -0.463 e. The average Bonchev–Trinajstić information content (AvgIpc) is 2.33. The normalized spacial score (nSPS) is 11.3. The molecule has 0 aromatic heterocycles. The molecule has 0 aliphatic rings. The molecule has 98 valence electrons. The smallest absolute Gasteiger partial charge is 0.305 e. The summed E-state index contributed by atoms with van der Waals surface area (Å²) in [6, 6.07) is 0. The molecule has 0 spiro atoms. The number of carbonyl (C=O) groups is 1. The number of esters is 1. The van der Waals surface area contributed by atoms with Gasteiger partial charge in [-0.3, -0.25) is 4.79 Å². The Hall–Kier alpha value is -0.610. The number of aliphatic hydroxyl groups is 2. The second-order valence-electron chi connectivity index (χ2n) is 3.58. The molecule has 0 rings (SSSR count). The van der Waals surface area contributed by atoms with E-state index in [0.29, 0.717) is 0 Å². The highest BCUT2D eigenvalue weighted by molar-refractivity contribution is 5.68. The Kier molecular flexibility index (Phi) is 16.0. The third-order valence-corrected chi connectivity index (χ3v) is 1.89. The zero-order valence-electron chi connectivity index (χ0n) is 10.7. The van der Waals surface area contributed by atoms with Gasteiger partial charge < -0.3 is 14.9 Å². The van der Waals surface area contributed by atoms with E-state index in [1.807, 2.05) is 0 Å². The van der Waals surface area contributed by atoms with Crippen molar-refractivity contribution in [1.82, 2.24) is 0 Å². The molecule has 0 unspecified atom stereocenters. The fourth-order valence-corrected chi connectivity index (χ4v) is 0.844. The van der Waals surface area contributed by atoms with Crippen molar-refractivity contribution < 1.29 is 19.7 Å². The molecule has 0 bridgehead atoms. The Bertz CT molecular complexity index is 144. The predicted octanol–water partition coefficient (Wildman–Crippen LogP) is 1.88. The number of unbranched alkanes of at least 4 members (excludes halogenated alkanes) is 3. The summed E-state index contributed by atoms with van der Waals surface area (Å²) in [6.07, 6.45) is 4.88. The van der Waals surface area contributed by atoms with Crippen molar-refractivity contribution in [3.8, 4) is 0 Å². The van der Waals surface area contributed by atoms with Gasteiger partial charge in [0.15, 0.2) is 0 Å². The van der Waals surface area contributed by atoms with Gasteiger partial charge >= 0.3 is 5.97 Å². The molecule has 0 aliphatic heterocycles. The second kappa shape index (κ2) is 14.4. The lowest BCUT2D eigenvalue weighted by molar-refractivity contribution is -0.146. The molecule has 0 amide bonds. The van der Waals surface area contributed by atoms with E-state index in [2.05, 4.69) is 18.6 Å². The number of carbonyl (C=O) groups excluding carboxylic acids is 1. The van der Waals surface area contributed by atoms with E-state index in [1.54, 1.807) is 6.92 Å². The number of hydrogen-bond acceptors (Lipinski definition) is 4. The molecule has 0 aromatic rings. The maximum Gasteiger partial charge on any atom is 0.305 e. The van der Waals surface area contributed by atoms with Crippen molar-refractivity contribution in [2.24, 2.45) is 0 Å². The predicted molar refractivity (Wildman–Crippen MR) is 64.2 cm³/mol. The third kappa shape index (κ3) is 15.8. The molecule has 0 fully saturated rings.